The van der Waals surface area contributed by atoms with Gasteiger partial charge < -0.3 is 15.4 Å². The number of para-hydroxylation sites is 1. The Kier molecular flexibility index (Phi) is 4.08. The Morgan fingerprint density at radius 1 is 1.36 bits per heavy atom. The van der Waals surface area contributed by atoms with Crippen LogP contribution >= 0.6 is 0 Å². The number of rotatable bonds is 3. The number of carbonyl (C=O) groups is 1. The smallest absolute Gasteiger partial charge is 0.228 e. The highest BCUT2D eigenvalue weighted by atomic mass is 19.1. The highest BCUT2D eigenvalue weighted by Gasteiger charge is 2.41. The Labute approximate surface area is 143 Å². The number of carbonyl (C=O) groups excluding carboxylic acids is 1. The third-order valence-electron chi connectivity index (χ3n) is 4.94. The van der Waals surface area contributed by atoms with Crippen molar-refractivity contribution in [3.05, 3.63) is 35.4 Å². The van der Waals surface area contributed by atoms with Crippen molar-refractivity contribution in [1.82, 2.24) is 31.3 Å². The number of amides is 1. The summed E-state index contributed by atoms with van der Waals surface area (Å²) in [6.45, 7) is 1.80. The first-order valence-corrected chi connectivity index (χ1v) is 8.37. The molecule has 1 aromatic heterocycles. The molecule has 2 aliphatic rings. The van der Waals surface area contributed by atoms with Gasteiger partial charge in [0.1, 0.15) is 5.54 Å². The van der Waals surface area contributed by atoms with E-state index in [9.17, 15) is 9.18 Å². The number of halogens is 1. The molecule has 0 aliphatic carbocycles. The van der Waals surface area contributed by atoms with Crippen LogP contribution in [0, 0.1) is 5.82 Å². The van der Waals surface area contributed by atoms with Crippen LogP contribution in [0.3, 0.4) is 0 Å². The number of tetrazole rings is 1. The van der Waals surface area contributed by atoms with Crippen LogP contribution in [0.25, 0.3) is 0 Å². The number of benzene rings is 1. The van der Waals surface area contributed by atoms with Crippen molar-refractivity contribution in [3.8, 4) is 5.75 Å². The Hall–Kier alpha value is -2.55. The van der Waals surface area contributed by atoms with Crippen LogP contribution in [0.1, 0.15) is 36.6 Å². The van der Waals surface area contributed by atoms with Crippen molar-refractivity contribution in [2.24, 2.45) is 0 Å². The molecule has 8 nitrogen and oxygen atoms in total. The summed E-state index contributed by atoms with van der Waals surface area (Å²) in [6.07, 6.45) is 1.83. The maximum atomic E-state index is 14.0. The lowest BCUT2D eigenvalue weighted by molar-refractivity contribution is -0.125. The summed E-state index contributed by atoms with van der Waals surface area (Å²) < 4.78 is 19.4. The van der Waals surface area contributed by atoms with Gasteiger partial charge in [-0.3, -0.25) is 4.79 Å². The first-order valence-electron chi connectivity index (χ1n) is 8.37. The summed E-state index contributed by atoms with van der Waals surface area (Å²) in [5.41, 5.74) is -0.0813. The summed E-state index contributed by atoms with van der Waals surface area (Å²) in [4.78, 5) is 13.0. The third kappa shape index (κ3) is 2.84. The molecule has 3 N–H and O–H groups in total. The van der Waals surface area contributed by atoms with E-state index in [1.54, 1.807) is 12.1 Å². The number of piperidine rings is 1. The van der Waals surface area contributed by atoms with Crippen LogP contribution in [-0.4, -0.2) is 46.2 Å². The normalized spacial score (nSPS) is 21.9. The van der Waals surface area contributed by atoms with E-state index in [1.165, 1.54) is 6.07 Å². The molecular weight excluding hydrogens is 327 g/mol. The van der Waals surface area contributed by atoms with Crippen LogP contribution in [0.4, 0.5) is 4.39 Å². The van der Waals surface area contributed by atoms with E-state index in [1.807, 2.05) is 0 Å². The molecule has 0 saturated carbocycles. The standard InChI is InChI=1S/C16H19FN6O2/c17-12-3-1-2-10-11(4-9-25-13(10)12)14(24)19-16(5-7-18-8-6-16)15-20-22-23-21-15/h1-3,11,18H,4-9H2,(H,19,24)(H,20,21,22,23). The van der Waals surface area contributed by atoms with Crippen molar-refractivity contribution in [1.29, 1.82) is 0 Å². The van der Waals surface area contributed by atoms with E-state index in [2.05, 4.69) is 31.3 Å². The predicted molar refractivity (Wildman–Crippen MR) is 85.4 cm³/mol. The first-order chi connectivity index (χ1) is 12.2. The van der Waals surface area contributed by atoms with Gasteiger partial charge in [0, 0.05) is 5.56 Å². The molecule has 0 radical (unpaired) electrons. The van der Waals surface area contributed by atoms with E-state index in [0.29, 0.717) is 37.3 Å². The van der Waals surface area contributed by atoms with Crippen molar-refractivity contribution in [2.45, 2.75) is 30.7 Å². The molecule has 0 spiro atoms. The van der Waals surface area contributed by atoms with Gasteiger partial charge >= 0.3 is 0 Å². The Balaban J connectivity index is 1.62. The zero-order valence-corrected chi connectivity index (χ0v) is 13.6. The predicted octanol–water partition coefficient (Wildman–Crippen LogP) is 0.600. The van der Waals surface area contributed by atoms with Crippen LogP contribution in [-0.2, 0) is 10.3 Å². The van der Waals surface area contributed by atoms with Gasteiger partial charge in [-0.25, -0.2) is 4.39 Å². The van der Waals surface area contributed by atoms with E-state index in [0.717, 1.165) is 13.1 Å². The molecular formula is C16H19FN6O2. The van der Waals surface area contributed by atoms with Gasteiger partial charge in [0.15, 0.2) is 17.4 Å². The molecule has 0 bridgehead atoms. The lowest BCUT2D eigenvalue weighted by Crippen LogP contribution is -2.54. The number of aromatic nitrogens is 4. The fourth-order valence-corrected chi connectivity index (χ4v) is 3.60. The monoisotopic (exact) mass is 346 g/mol. The van der Waals surface area contributed by atoms with E-state index in [-0.39, 0.29) is 11.7 Å². The van der Waals surface area contributed by atoms with Crippen LogP contribution in [0.5, 0.6) is 5.75 Å². The number of H-pyrrole nitrogens is 1. The number of aromatic amines is 1. The SMILES string of the molecule is O=C(NC1(c2nn[nH]n2)CCNCC1)C1CCOc2c(F)cccc21. The van der Waals surface area contributed by atoms with Crippen LogP contribution < -0.4 is 15.4 Å². The zero-order valence-electron chi connectivity index (χ0n) is 13.6. The van der Waals surface area contributed by atoms with Crippen molar-refractivity contribution >= 4 is 5.91 Å². The third-order valence-corrected chi connectivity index (χ3v) is 4.94. The van der Waals surface area contributed by atoms with Gasteiger partial charge in [0.2, 0.25) is 5.91 Å². The average molecular weight is 346 g/mol. The largest absolute Gasteiger partial charge is 0.490 e. The highest BCUT2D eigenvalue weighted by molar-refractivity contribution is 5.85. The molecule has 9 heteroatoms. The molecule has 1 atom stereocenters. The Morgan fingerprint density at radius 2 is 2.20 bits per heavy atom. The number of fused-ring (bicyclic) bond motifs is 1. The Morgan fingerprint density at radius 3 is 2.96 bits per heavy atom. The Bertz CT molecular complexity index is 760. The maximum Gasteiger partial charge on any atom is 0.228 e. The van der Waals surface area contributed by atoms with Gasteiger partial charge in [0.25, 0.3) is 0 Å². The van der Waals surface area contributed by atoms with Crippen LogP contribution in [0.2, 0.25) is 0 Å². The fraction of sp³-hybridized carbons (Fsp3) is 0.500. The topological polar surface area (TPSA) is 105 Å². The molecule has 2 aliphatic heterocycles. The number of ether oxygens (including phenoxy) is 1. The summed E-state index contributed by atoms with van der Waals surface area (Å²) in [5.74, 6) is -0.411. The second-order valence-electron chi connectivity index (χ2n) is 6.40. The van der Waals surface area contributed by atoms with Crippen molar-refractivity contribution in [2.75, 3.05) is 19.7 Å². The van der Waals surface area contributed by atoms with Crippen molar-refractivity contribution in [3.63, 3.8) is 0 Å². The molecule has 25 heavy (non-hydrogen) atoms. The number of nitrogens with zero attached hydrogens (tertiary/aromatic N) is 3. The first kappa shape index (κ1) is 15.9. The maximum absolute atomic E-state index is 14.0. The van der Waals surface area contributed by atoms with E-state index >= 15 is 0 Å². The van der Waals surface area contributed by atoms with Gasteiger partial charge in [-0.1, -0.05) is 17.3 Å². The average Bonchev–Trinajstić information content (AvgIpc) is 3.18. The van der Waals surface area contributed by atoms with Gasteiger partial charge in [-0.2, -0.15) is 5.21 Å². The molecule has 132 valence electrons. The minimum atomic E-state index is -0.666. The molecule has 1 unspecified atom stereocenters. The minimum absolute atomic E-state index is 0.165. The molecule has 1 amide bonds. The molecule has 4 rings (SSSR count). The molecule has 2 aromatic rings. The molecule has 1 aromatic carbocycles. The van der Waals surface area contributed by atoms with Crippen molar-refractivity contribution < 1.29 is 13.9 Å². The minimum Gasteiger partial charge on any atom is -0.490 e. The summed E-state index contributed by atoms with van der Waals surface area (Å²) in [5, 5.41) is 20.7. The lowest BCUT2D eigenvalue weighted by Gasteiger charge is -2.37. The van der Waals surface area contributed by atoms with E-state index < -0.39 is 17.3 Å². The summed E-state index contributed by atoms with van der Waals surface area (Å²) >= 11 is 0. The second kappa shape index (κ2) is 6.40. The zero-order chi connectivity index (χ0) is 17.3. The number of hydrogen-bond acceptors (Lipinski definition) is 6. The molecule has 1 saturated heterocycles. The molecule has 3 heterocycles. The number of nitrogens with one attached hydrogen (secondary N) is 3. The molecule has 1 fully saturated rings. The van der Waals surface area contributed by atoms with E-state index in [4.69, 9.17) is 4.74 Å². The van der Waals surface area contributed by atoms with Crippen LogP contribution in [0.15, 0.2) is 18.2 Å². The number of hydrogen-bond donors (Lipinski definition) is 3. The fourth-order valence-electron chi connectivity index (χ4n) is 3.60. The quantitative estimate of drug-likeness (QED) is 0.752. The van der Waals surface area contributed by atoms with Gasteiger partial charge in [-0.15, -0.1) is 10.2 Å². The lowest BCUT2D eigenvalue weighted by atomic mass is 9.85. The highest BCUT2D eigenvalue weighted by Crippen LogP contribution is 2.37. The summed E-state index contributed by atoms with van der Waals surface area (Å²) in [6, 6.07) is 4.68. The second-order valence-corrected chi connectivity index (χ2v) is 6.40. The van der Waals surface area contributed by atoms with Gasteiger partial charge in [-0.05, 0) is 38.4 Å². The van der Waals surface area contributed by atoms with Gasteiger partial charge in [0.05, 0.1) is 12.5 Å². The summed E-state index contributed by atoms with van der Waals surface area (Å²) in [7, 11) is 0.